The van der Waals surface area contributed by atoms with Crippen LogP contribution in [0, 0.1) is 28.6 Å². The lowest BCUT2D eigenvalue weighted by molar-refractivity contribution is -0.118. The Bertz CT molecular complexity index is 508. The number of hydrogen-bond acceptors (Lipinski definition) is 2. The number of hydrogen-bond donors (Lipinski definition) is 1. The van der Waals surface area contributed by atoms with E-state index in [-0.39, 0.29) is 16.9 Å². The van der Waals surface area contributed by atoms with Crippen molar-refractivity contribution in [3.05, 3.63) is 11.6 Å². The summed E-state index contributed by atoms with van der Waals surface area (Å²) < 4.78 is 0. The molecule has 4 aliphatic carbocycles. The largest absolute Gasteiger partial charge is 0.393 e. The Morgan fingerprint density at radius 3 is 2.67 bits per heavy atom. The van der Waals surface area contributed by atoms with Gasteiger partial charge < -0.3 is 5.11 Å². The van der Waals surface area contributed by atoms with Crippen molar-refractivity contribution in [1.29, 1.82) is 0 Å². The average molecular weight is 288 g/mol. The van der Waals surface area contributed by atoms with Crippen LogP contribution in [0.5, 0.6) is 0 Å². The number of fused-ring (bicyclic) bond motifs is 5. The lowest BCUT2D eigenvalue weighted by Crippen LogP contribution is -2.51. The first-order valence-corrected chi connectivity index (χ1v) is 8.87. The zero-order valence-electron chi connectivity index (χ0n) is 13.4. The van der Waals surface area contributed by atoms with E-state index in [4.69, 9.17) is 0 Å². The first kappa shape index (κ1) is 14.0. The molecule has 2 heteroatoms. The molecule has 0 amide bonds. The molecule has 0 aromatic rings. The molecule has 0 aromatic heterocycles. The number of rotatable bonds is 0. The Morgan fingerprint density at radius 1 is 1.05 bits per heavy atom. The highest BCUT2D eigenvalue weighted by atomic mass is 16.3. The predicted molar refractivity (Wildman–Crippen MR) is 82.7 cm³/mol. The van der Waals surface area contributed by atoms with E-state index in [9.17, 15) is 9.90 Å². The van der Waals surface area contributed by atoms with Crippen LogP contribution < -0.4 is 0 Å². The fourth-order valence-corrected chi connectivity index (χ4v) is 6.53. The summed E-state index contributed by atoms with van der Waals surface area (Å²) in [6.45, 7) is 4.76. The summed E-state index contributed by atoms with van der Waals surface area (Å²) in [5.74, 6) is 2.57. The van der Waals surface area contributed by atoms with Crippen LogP contribution in [0.1, 0.15) is 65.2 Å². The number of allylic oxidation sites excluding steroid dienone is 1. The summed E-state index contributed by atoms with van der Waals surface area (Å²) in [4.78, 5) is 11.8. The highest BCUT2D eigenvalue weighted by molar-refractivity contribution is 5.91. The first-order chi connectivity index (χ1) is 9.95. The van der Waals surface area contributed by atoms with Crippen molar-refractivity contribution >= 4 is 5.78 Å². The molecular formula is C19H28O2. The average Bonchev–Trinajstić information content (AvgIpc) is 2.76. The fourth-order valence-electron chi connectivity index (χ4n) is 6.53. The standard InChI is InChI=1S/C19H28O2/c1-18-9-7-13(20)11-12(18)3-4-14-15-5-6-17(21)19(15,2)10-8-16(14)18/h11,14-17,21H,3-10H2,1-2H3/t14?,15-,16-,17-,18?,19-/m0/s1. The fraction of sp³-hybridized carbons (Fsp3) is 0.842. The van der Waals surface area contributed by atoms with Crippen LogP contribution in [0.3, 0.4) is 0 Å². The van der Waals surface area contributed by atoms with Crippen LogP contribution in [0.15, 0.2) is 11.6 Å². The second-order valence-corrected chi connectivity index (χ2v) is 8.61. The van der Waals surface area contributed by atoms with Gasteiger partial charge in [0.05, 0.1) is 6.10 Å². The van der Waals surface area contributed by atoms with Gasteiger partial charge in [0.15, 0.2) is 5.78 Å². The third-order valence-electron chi connectivity index (χ3n) is 7.91. The first-order valence-electron chi connectivity index (χ1n) is 8.87. The molecule has 21 heavy (non-hydrogen) atoms. The van der Waals surface area contributed by atoms with Gasteiger partial charge in [-0.05, 0) is 79.6 Å². The van der Waals surface area contributed by atoms with E-state index in [1.807, 2.05) is 6.08 Å². The summed E-state index contributed by atoms with van der Waals surface area (Å²) in [6.07, 6.45) is 10.7. The second-order valence-electron chi connectivity index (χ2n) is 8.61. The van der Waals surface area contributed by atoms with Crippen LogP contribution in [0.25, 0.3) is 0 Å². The van der Waals surface area contributed by atoms with E-state index in [2.05, 4.69) is 13.8 Å². The maximum absolute atomic E-state index is 11.8. The molecule has 2 nitrogen and oxygen atoms in total. The van der Waals surface area contributed by atoms with E-state index >= 15 is 0 Å². The molecule has 0 aromatic carbocycles. The molecule has 0 aliphatic heterocycles. The summed E-state index contributed by atoms with van der Waals surface area (Å²) >= 11 is 0. The Labute approximate surface area is 128 Å². The lowest BCUT2D eigenvalue weighted by atomic mass is 9.47. The molecule has 3 saturated carbocycles. The quantitative estimate of drug-likeness (QED) is 0.734. The Balaban J connectivity index is 1.69. The van der Waals surface area contributed by atoms with Gasteiger partial charge >= 0.3 is 0 Å². The van der Waals surface area contributed by atoms with Gasteiger partial charge in [0.1, 0.15) is 0 Å². The van der Waals surface area contributed by atoms with Gasteiger partial charge in [-0.2, -0.15) is 0 Å². The van der Waals surface area contributed by atoms with Crippen LogP contribution >= 0.6 is 0 Å². The number of aliphatic hydroxyl groups is 1. The Hall–Kier alpha value is -0.630. The van der Waals surface area contributed by atoms with E-state index < -0.39 is 0 Å². The molecule has 0 radical (unpaired) electrons. The molecule has 1 N–H and O–H groups in total. The minimum absolute atomic E-state index is 0.0823. The smallest absolute Gasteiger partial charge is 0.155 e. The number of carbonyl (C=O) groups is 1. The molecule has 0 spiro atoms. The summed E-state index contributed by atoms with van der Waals surface area (Å²) in [7, 11) is 0. The molecule has 2 unspecified atom stereocenters. The normalized spacial score (nSPS) is 52.7. The van der Waals surface area contributed by atoms with Crippen molar-refractivity contribution in [2.24, 2.45) is 28.6 Å². The third-order valence-corrected chi connectivity index (χ3v) is 7.91. The van der Waals surface area contributed by atoms with Gasteiger partial charge in [0, 0.05) is 6.42 Å². The van der Waals surface area contributed by atoms with Crippen LogP contribution in [-0.2, 0) is 4.79 Å². The van der Waals surface area contributed by atoms with Crippen molar-refractivity contribution < 1.29 is 9.90 Å². The van der Waals surface area contributed by atoms with Gasteiger partial charge in [-0.3, -0.25) is 4.79 Å². The second kappa shape index (κ2) is 4.44. The van der Waals surface area contributed by atoms with Crippen molar-refractivity contribution in [1.82, 2.24) is 0 Å². The van der Waals surface area contributed by atoms with Gasteiger partial charge in [0.2, 0.25) is 0 Å². The maximum Gasteiger partial charge on any atom is 0.155 e. The van der Waals surface area contributed by atoms with Crippen LogP contribution in [-0.4, -0.2) is 17.0 Å². The number of carbonyl (C=O) groups excluding carboxylic acids is 1. The van der Waals surface area contributed by atoms with Crippen molar-refractivity contribution in [3.63, 3.8) is 0 Å². The zero-order chi connectivity index (χ0) is 14.8. The molecule has 116 valence electrons. The Kier molecular flexibility index (Phi) is 2.96. The van der Waals surface area contributed by atoms with E-state index in [1.165, 1.54) is 31.3 Å². The summed E-state index contributed by atoms with van der Waals surface area (Å²) in [6, 6.07) is 0. The Morgan fingerprint density at radius 2 is 1.86 bits per heavy atom. The molecular weight excluding hydrogens is 260 g/mol. The molecule has 6 atom stereocenters. The van der Waals surface area contributed by atoms with Crippen molar-refractivity contribution in [2.75, 3.05) is 0 Å². The minimum atomic E-state index is -0.0823. The molecule has 0 saturated heterocycles. The molecule has 0 bridgehead atoms. The van der Waals surface area contributed by atoms with Crippen molar-refractivity contribution in [2.45, 2.75) is 71.3 Å². The van der Waals surface area contributed by atoms with Gasteiger partial charge in [-0.25, -0.2) is 0 Å². The highest BCUT2D eigenvalue weighted by Gasteiger charge is 2.58. The zero-order valence-corrected chi connectivity index (χ0v) is 13.4. The van der Waals surface area contributed by atoms with Crippen LogP contribution in [0.2, 0.25) is 0 Å². The lowest BCUT2D eigenvalue weighted by Gasteiger charge is -2.57. The molecule has 4 rings (SSSR count). The van der Waals surface area contributed by atoms with Gasteiger partial charge in [-0.15, -0.1) is 0 Å². The monoisotopic (exact) mass is 288 g/mol. The van der Waals surface area contributed by atoms with Crippen LogP contribution in [0.4, 0.5) is 0 Å². The van der Waals surface area contributed by atoms with E-state index in [1.54, 1.807) is 0 Å². The molecule has 3 fully saturated rings. The third kappa shape index (κ3) is 1.78. The number of aliphatic hydroxyl groups excluding tert-OH is 1. The number of ketones is 1. The highest BCUT2D eigenvalue weighted by Crippen LogP contribution is 2.65. The topological polar surface area (TPSA) is 37.3 Å². The maximum atomic E-state index is 11.8. The molecule has 4 aliphatic rings. The van der Waals surface area contributed by atoms with E-state index in [0.29, 0.717) is 11.7 Å². The van der Waals surface area contributed by atoms with E-state index in [0.717, 1.165) is 37.5 Å². The summed E-state index contributed by atoms with van der Waals surface area (Å²) in [5, 5.41) is 10.4. The minimum Gasteiger partial charge on any atom is -0.393 e. The molecule has 0 heterocycles. The summed E-state index contributed by atoms with van der Waals surface area (Å²) in [5.41, 5.74) is 1.89. The predicted octanol–water partition coefficient (Wildman–Crippen LogP) is 3.88. The van der Waals surface area contributed by atoms with Gasteiger partial charge in [0.25, 0.3) is 0 Å². The van der Waals surface area contributed by atoms with Crippen molar-refractivity contribution in [3.8, 4) is 0 Å². The SMILES string of the molecule is CC12CCC(=O)C=C1CCC1[C@@H]2CC[C@]2(C)[C@@H](O)CC[C@@H]12. The van der Waals surface area contributed by atoms with Gasteiger partial charge in [-0.1, -0.05) is 19.4 Å².